The number of hydrogen-bond donors (Lipinski definition) is 1. The number of hydrogen-bond acceptors (Lipinski definition) is 6. The molecule has 9 aromatic rings. The number of amidine groups is 1. The van der Waals surface area contributed by atoms with Crippen LogP contribution < -0.4 is 5.73 Å². The lowest BCUT2D eigenvalue weighted by atomic mass is 10.0. The first-order valence-corrected chi connectivity index (χ1v) is 19.6. The predicted octanol–water partition coefficient (Wildman–Crippen LogP) is 12.8. The van der Waals surface area contributed by atoms with Crippen molar-refractivity contribution >= 4 is 60.5 Å². The van der Waals surface area contributed by atoms with Gasteiger partial charge in [0.2, 0.25) is 0 Å². The summed E-state index contributed by atoms with van der Waals surface area (Å²) in [6, 6.07) is 49.4. The normalized spacial score (nSPS) is 12.3. The molecule has 0 saturated carbocycles. The maximum Gasteiger partial charge on any atom is 0.164 e. The van der Waals surface area contributed by atoms with Gasteiger partial charge in [-0.2, -0.15) is 0 Å². The van der Waals surface area contributed by atoms with Crippen LogP contribution in [0.3, 0.4) is 0 Å². The highest BCUT2D eigenvalue weighted by Crippen LogP contribution is 2.41. The van der Waals surface area contributed by atoms with Crippen molar-refractivity contribution in [3.05, 3.63) is 198 Å². The molecule has 274 valence electrons. The molecule has 6 aromatic carbocycles. The quantitative estimate of drug-likeness (QED) is 0.0852. The average molecular weight is 756 g/mol. The van der Waals surface area contributed by atoms with Crippen LogP contribution in [0.5, 0.6) is 0 Å². The predicted molar refractivity (Wildman–Crippen MR) is 238 cm³/mol. The second-order valence-electron chi connectivity index (χ2n) is 13.6. The van der Waals surface area contributed by atoms with Crippen LogP contribution in [0.25, 0.3) is 71.5 Å². The van der Waals surface area contributed by atoms with Gasteiger partial charge in [0.25, 0.3) is 0 Å². The number of fused-ring (bicyclic) bond motifs is 4. The molecule has 0 atom stereocenters. The zero-order valence-corrected chi connectivity index (χ0v) is 32.1. The third-order valence-corrected chi connectivity index (χ3v) is 11.1. The van der Waals surface area contributed by atoms with Gasteiger partial charge >= 0.3 is 0 Å². The maximum atomic E-state index is 6.75. The molecule has 0 aliphatic heterocycles. The molecule has 2 N–H and O–H groups in total. The van der Waals surface area contributed by atoms with E-state index in [1.54, 1.807) is 17.4 Å². The van der Waals surface area contributed by atoms with E-state index < -0.39 is 0 Å². The lowest BCUT2D eigenvalue weighted by Gasteiger charge is -2.09. The fourth-order valence-corrected chi connectivity index (χ4v) is 8.36. The van der Waals surface area contributed by atoms with Gasteiger partial charge in [0.05, 0.1) is 5.69 Å². The minimum absolute atomic E-state index is 0.479. The molecule has 0 unspecified atom stereocenters. The minimum Gasteiger partial charge on any atom is -0.456 e. The van der Waals surface area contributed by atoms with Gasteiger partial charge in [-0.1, -0.05) is 152 Å². The lowest BCUT2D eigenvalue weighted by Crippen LogP contribution is -2.12. The van der Waals surface area contributed by atoms with Crippen molar-refractivity contribution in [1.82, 2.24) is 15.0 Å². The number of nitrogens with zero attached hydrogens (tertiary/aromatic N) is 4. The SMILES string of the molecule is C=C/C=C(\C=C/C)c1nc(-c2ccccc2)nc(-c2cccc3oc4ccc(Cc5sc6ccccc6c5N=C(N)c5ccc(-c6ccccc6)cc5)cc4c23)n1. The van der Waals surface area contributed by atoms with Crippen molar-refractivity contribution in [3.8, 4) is 33.9 Å². The molecule has 3 heterocycles. The van der Waals surface area contributed by atoms with Gasteiger partial charge in [0.1, 0.15) is 17.0 Å². The summed E-state index contributed by atoms with van der Waals surface area (Å²) >= 11 is 1.75. The topological polar surface area (TPSA) is 90.2 Å². The summed E-state index contributed by atoms with van der Waals surface area (Å²) < 4.78 is 7.62. The molecular formula is C50H37N5OS. The highest BCUT2D eigenvalue weighted by atomic mass is 32.1. The van der Waals surface area contributed by atoms with E-state index in [0.717, 1.165) is 76.8 Å². The van der Waals surface area contributed by atoms with Gasteiger partial charge in [-0.15, -0.1) is 11.3 Å². The molecule has 0 bridgehead atoms. The summed E-state index contributed by atoms with van der Waals surface area (Å²) in [6.45, 7) is 5.90. The highest BCUT2D eigenvalue weighted by molar-refractivity contribution is 7.19. The van der Waals surface area contributed by atoms with E-state index in [9.17, 15) is 0 Å². The molecule has 0 radical (unpaired) electrons. The Bertz CT molecular complexity index is 3010. The number of rotatable bonds is 10. The number of furan rings is 1. The van der Waals surface area contributed by atoms with Crippen molar-refractivity contribution in [1.29, 1.82) is 0 Å². The Balaban J connectivity index is 1.13. The van der Waals surface area contributed by atoms with Crippen molar-refractivity contribution < 1.29 is 4.42 Å². The first-order valence-electron chi connectivity index (χ1n) is 18.8. The molecule has 0 spiro atoms. The Labute approximate surface area is 334 Å². The molecular weight excluding hydrogens is 719 g/mol. The number of aliphatic imine (C=N–C) groups is 1. The molecule has 0 saturated heterocycles. The second-order valence-corrected chi connectivity index (χ2v) is 14.8. The van der Waals surface area contributed by atoms with Crippen molar-refractivity contribution in [2.75, 3.05) is 0 Å². The molecule has 0 amide bonds. The van der Waals surface area contributed by atoms with Crippen LogP contribution in [0, 0.1) is 0 Å². The van der Waals surface area contributed by atoms with Crippen molar-refractivity contribution in [2.45, 2.75) is 13.3 Å². The Hall–Kier alpha value is -7.22. The average Bonchev–Trinajstić information content (AvgIpc) is 3.81. The molecule has 7 heteroatoms. The zero-order chi connectivity index (χ0) is 38.7. The zero-order valence-electron chi connectivity index (χ0n) is 31.3. The molecule has 0 aliphatic rings. The van der Waals surface area contributed by atoms with Crippen LogP contribution in [0.4, 0.5) is 5.69 Å². The Morgan fingerprint density at radius 1 is 0.719 bits per heavy atom. The van der Waals surface area contributed by atoms with Crippen LogP contribution in [0.15, 0.2) is 186 Å². The van der Waals surface area contributed by atoms with Crippen molar-refractivity contribution in [3.63, 3.8) is 0 Å². The molecule has 0 fully saturated rings. The minimum atomic E-state index is 0.479. The summed E-state index contributed by atoms with van der Waals surface area (Å²) in [5, 5.41) is 3.02. The molecule has 9 rings (SSSR count). The van der Waals surface area contributed by atoms with Gasteiger partial charge in [-0.25, -0.2) is 19.9 Å². The summed E-state index contributed by atoms with van der Waals surface area (Å²) in [5.41, 5.74) is 16.1. The fraction of sp³-hybridized carbons (Fsp3) is 0.0400. The number of aromatic nitrogens is 3. The van der Waals surface area contributed by atoms with Crippen molar-refractivity contribution in [2.24, 2.45) is 10.7 Å². The van der Waals surface area contributed by atoms with Gasteiger partial charge < -0.3 is 10.2 Å². The molecule has 57 heavy (non-hydrogen) atoms. The van der Waals surface area contributed by atoms with Gasteiger partial charge in [0.15, 0.2) is 17.5 Å². The molecule has 6 nitrogen and oxygen atoms in total. The largest absolute Gasteiger partial charge is 0.456 e. The number of nitrogens with two attached hydrogens (primary N) is 1. The van der Waals surface area contributed by atoms with Crippen LogP contribution in [-0.4, -0.2) is 20.8 Å². The summed E-state index contributed by atoms with van der Waals surface area (Å²) in [7, 11) is 0. The monoisotopic (exact) mass is 755 g/mol. The summed E-state index contributed by atoms with van der Waals surface area (Å²) in [5.74, 6) is 2.19. The lowest BCUT2D eigenvalue weighted by molar-refractivity contribution is 0.669. The van der Waals surface area contributed by atoms with Crippen LogP contribution in [0.1, 0.15) is 28.8 Å². The number of thiophene rings is 1. The van der Waals surface area contributed by atoms with Crippen LogP contribution in [0.2, 0.25) is 0 Å². The van der Waals surface area contributed by atoms with Crippen LogP contribution in [-0.2, 0) is 6.42 Å². The van der Waals surface area contributed by atoms with E-state index in [-0.39, 0.29) is 0 Å². The van der Waals surface area contributed by atoms with E-state index in [1.807, 2.05) is 97.9 Å². The third-order valence-electron chi connectivity index (χ3n) is 9.89. The smallest absolute Gasteiger partial charge is 0.164 e. The Morgan fingerprint density at radius 3 is 2.21 bits per heavy atom. The molecule has 3 aromatic heterocycles. The maximum absolute atomic E-state index is 6.75. The first kappa shape index (κ1) is 35.5. The number of benzene rings is 6. The standard InChI is InChI=1S/C50H37N5OS/c1-3-14-36(15-4-2)48-53-49(37-18-9-6-10-19-37)55-50(54-48)39-21-13-22-42-45(39)40-30-32(24-29-41(40)56-42)31-44-46(38-20-11-12-23-43(38)57-44)52-47(51)35-27-25-34(26-28-35)33-16-7-5-8-17-33/h3-30H,1,31H2,2H3,(H2,51,52)/b15-4-,36-14+. The van der Waals surface area contributed by atoms with E-state index >= 15 is 0 Å². The Morgan fingerprint density at radius 2 is 1.44 bits per heavy atom. The number of allylic oxidation sites excluding steroid dienone is 5. The Kier molecular flexibility index (Phi) is 9.64. The van der Waals surface area contributed by atoms with Gasteiger partial charge in [0, 0.05) is 54.4 Å². The van der Waals surface area contributed by atoms with E-state index in [4.69, 9.17) is 30.1 Å². The first-order chi connectivity index (χ1) is 28.1. The summed E-state index contributed by atoms with van der Waals surface area (Å²) in [6.07, 6.45) is 8.28. The second kappa shape index (κ2) is 15.5. The van der Waals surface area contributed by atoms with E-state index in [2.05, 4.69) is 79.4 Å². The van der Waals surface area contributed by atoms with Gasteiger partial charge in [-0.3, -0.25) is 0 Å². The molecule has 0 aliphatic carbocycles. The van der Waals surface area contributed by atoms with E-state index in [1.165, 1.54) is 4.70 Å². The summed E-state index contributed by atoms with van der Waals surface area (Å²) in [4.78, 5) is 21.2. The third kappa shape index (κ3) is 7.08. The van der Waals surface area contributed by atoms with Crippen LogP contribution >= 0.6 is 11.3 Å². The fourth-order valence-electron chi connectivity index (χ4n) is 7.18. The van der Waals surface area contributed by atoms with Gasteiger partial charge in [-0.05, 0) is 47.9 Å². The van der Waals surface area contributed by atoms with E-state index in [0.29, 0.717) is 29.7 Å². The highest BCUT2D eigenvalue weighted by Gasteiger charge is 2.19.